The molecule has 1 N–H and O–H groups in total. The number of amides is 1. The van der Waals surface area contributed by atoms with Crippen molar-refractivity contribution in [3.05, 3.63) is 59.1 Å². The van der Waals surface area contributed by atoms with E-state index in [4.69, 9.17) is 0 Å². The van der Waals surface area contributed by atoms with Crippen molar-refractivity contribution in [2.24, 2.45) is 5.92 Å². The summed E-state index contributed by atoms with van der Waals surface area (Å²) >= 11 is 0. The molecule has 0 spiro atoms. The molecule has 1 atom stereocenters. The number of rotatable bonds is 12. The Labute approximate surface area is 177 Å². The third-order valence-electron chi connectivity index (χ3n) is 5.03. The summed E-state index contributed by atoms with van der Waals surface area (Å²) in [6.07, 6.45) is 20.5. The van der Waals surface area contributed by atoms with Crippen molar-refractivity contribution in [2.75, 3.05) is 0 Å². The fraction of sp³-hybridized carbons (Fsp3) is 0.520. The summed E-state index contributed by atoms with van der Waals surface area (Å²) in [5, 5.41) is 7.42. The zero-order chi connectivity index (χ0) is 21.6. The molecule has 1 unspecified atom stereocenters. The molecule has 29 heavy (non-hydrogen) atoms. The number of carbonyl (C=O) groups is 1. The van der Waals surface area contributed by atoms with Crippen LogP contribution < -0.4 is 5.32 Å². The minimum atomic E-state index is -0.109. The van der Waals surface area contributed by atoms with E-state index in [1.807, 2.05) is 46.0 Å². The molecule has 1 amide bonds. The van der Waals surface area contributed by atoms with E-state index in [0.29, 0.717) is 11.5 Å². The first-order valence-corrected chi connectivity index (χ1v) is 11.1. The summed E-state index contributed by atoms with van der Waals surface area (Å²) in [5.74, 6) is 0.411. The van der Waals surface area contributed by atoms with Gasteiger partial charge in [-0.05, 0) is 57.6 Å². The van der Waals surface area contributed by atoms with E-state index in [9.17, 15) is 4.79 Å². The van der Waals surface area contributed by atoms with Crippen LogP contribution in [0, 0.1) is 5.92 Å². The van der Waals surface area contributed by atoms with E-state index in [1.165, 1.54) is 24.8 Å². The van der Waals surface area contributed by atoms with Crippen molar-refractivity contribution in [3.8, 4) is 0 Å². The molecule has 1 heterocycles. The van der Waals surface area contributed by atoms with Crippen molar-refractivity contribution in [2.45, 2.75) is 80.1 Å². The van der Waals surface area contributed by atoms with Gasteiger partial charge in [-0.25, -0.2) is 4.68 Å². The van der Waals surface area contributed by atoms with Gasteiger partial charge in [-0.2, -0.15) is 5.10 Å². The zero-order valence-electron chi connectivity index (χ0n) is 19.2. The van der Waals surface area contributed by atoms with Crippen LogP contribution in [0.4, 0.5) is 0 Å². The lowest BCUT2D eigenvalue weighted by molar-refractivity contribution is 0.0966. The smallest absolute Gasteiger partial charge is 0.259 e. The lowest BCUT2D eigenvalue weighted by Gasteiger charge is -2.18. The summed E-state index contributed by atoms with van der Waals surface area (Å²) in [6, 6.07) is 0. The lowest BCUT2D eigenvalue weighted by Crippen LogP contribution is -2.23. The highest BCUT2D eigenvalue weighted by atomic mass is 16.1. The topological polar surface area (TPSA) is 46.9 Å². The maximum atomic E-state index is 12.9. The van der Waals surface area contributed by atoms with Gasteiger partial charge in [-0.1, -0.05) is 64.3 Å². The van der Waals surface area contributed by atoms with Crippen LogP contribution in [-0.2, 0) is 6.42 Å². The van der Waals surface area contributed by atoms with Gasteiger partial charge < -0.3 is 5.32 Å². The minimum Gasteiger partial charge on any atom is -0.322 e. The van der Waals surface area contributed by atoms with Gasteiger partial charge in [0.1, 0.15) is 0 Å². The third kappa shape index (κ3) is 7.52. The molecule has 160 valence electrons. The molecule has 1 rings (SSSR count). The Hall–Kier alpha value is -2.36. The molecular formula is C25H39N3O. The first-order chi connectivity index (χ1) is 14.1. The molecular weight excluding hydrogens is 358 g/mol. The molecule has 0 aliphatic heterocycles. The second-order valence-electron chi connectivity index (χ2n) is 7.26. The highest BCUT2D eigenvalue weighted by molar-refractivity contribution is 5.96. The van der Waals surface area contributed by atoms with Crippen LogP contribution in [-0.4, -0.2) is 15.7 Å². The van der Waals surface area contributed by atoms with Crippen LogP contribution in [0.1, 0.15) is 89.7 Å². The van der Waals surface area contributed by atoms with Crippen LogP contribution >= 0.6 is 0 Å². The highest BCUT2D eigenvalue weighted by Crippen LogP contribution is 2.25. The van der Waals surface area contributed by atoms with E-state index in [-0.39, 0.29) is 5.91 Å². The Morgan fingerprint density at radius 2 is 1.90 bits per heavy atom. The van der Waals surface area contributed by atoms with Crippen LogP contribution in [0.2, 0.25) is 0 Å². The Morgan fingerprint density at radius 3 is 2.45 bits per heavy atom. The lowest BCUT2D eigenvalue weighted by atomic mass is 9.88. The number of nitrogens with zero attached hydrogens (tertiary/aromatic N) is 2. The Balaban J connectivity index is 3.12. The molecule has 0 aliphatic carbocycles. The molecule has 0 saturated heterocycles. The van der Waals surface area contributed by atoms with Crippen molar-refractivity contribution in [1.29, 1.82) is 0 Å². The SMILES string of the molecule is C\C=C/C(=C\C(=C/C)NC(=O)c1cnn(/C=C\C)c1CC)C(CCC)CCCC. The number of nitrogens with one attached hydrogen (secondary N) is 1. The summed E-state index contributed by atoms with van der Waals surface area (Å²) in [4.78, 5) is 12.9. The number of hydrogen-bond donors (Lipinski definition) is 1. The normalized spacial score (nSPS) is 14.1. The van der Waals surface area contributed by atoms with Crippen LogP contribution in [0.15, 0.2) is 47.8 Å². The van der Waals surface area contributed by atoms with E-state index in [0.717, 1.165) is 30.7 Å². The zero-order valence-corrected chi connectivity index (χ0v) is 19.2. The highest BCUT2D eigenvalue weighted by Gasteiger charge is 2.17. The van der Waals surface area contributed by atoms with Crippen LogP contribution in [0.3, 0.4) is 0 Å². The van der Waals surface area contributed by atoms with Crippen molar-refractivity contribution >= 4 is 12.1 Å². The second kappa shape index (κ2) is 13.8. The minimum absolute atomic E-state index is 0.109. The summed E-state index contributed by atoms with van der Waals surface area (Å²) in [7, 11) is 0. The maximum Gasteiger partial charge on any atom is 0.259 e. The van der Waals surface area contributed by atoms with E-state index in [2.05, 4.69) is 42.5 Å². The van der Waals surface area contributed by atoms with E-state index >= 15 is 0 Å². The van der Waals surface area contributed by atoms with Gasteiger partial charge in [-0.3, -0.25) is 4.79 Å². The average molecular weight is 398 g/mol. The molecule has 0 aliphatic rings. The Kier molecular flexibility index (Phi) is 11.7. The number of aromatic nitrogens is 2. The number of allylic oxidation sites excluding steroid dienone is 6. The van der Waals surface area contributed by atoms with Gasteiger partial charge in [0.05, 0.1) is 17.5 Å². The van der Waals surface area contributed by atoms with Gasteiger partial charge in [0.25, 0.3) is 5.91 Å². The second-order valence-corrected chi connectivity index (χ2v) is 7.26. The van der Waals surface area contributed by atoms with Gasteiger partial charge in [0.2, 0.25) is 0 Å². The first-order valence-electron chi connectivity index (χ1n) is 11.1. The number of hydrogen-bond acceptors (Lipinski definition) is 2. The molecule has 0 saturated carbocycles. The Morgan fingerprint density at radius 1 is 1.14 bits per heavy atom. The molecule has 4 heteroatoms. The molecule has 0 bridgehead atoms. The van der Waals surface area contributed by atoms with Crippen molar-refractivity contribution < 1.29 is 4.79 Å². The predicted octanol–water partition coefficient (Wildman–Crippen LogP) is 6.68. The van der Waals surface area contributed by atoms with Crippen molar-refractivity contribution in [1.82, 2.24) is 15.1 Å². The number of carbonyl (C=O) groups excluding carboxylic acids is 1. The van der Waals surface area contributed by atoms with Gasteiger partial charge in [0.15, 0.2) is 0 Å². The monoisotopic (exact) mass is 397 g/mol. The maximum absolute atomic E-state index is 12.9. The van der Waals surface area contributed by atoms with E-state index in [1.54, 1.807) is 10.9 Å². The number of unbranched alkanes of at least 4 members (excludes halogenated alkanes) is 1. The van der Waals surface area contributed by atoms with Crippen LogP contribution in [0.25, 0.3) is 6.20 Å². The summed E-state index contributed by atoms with van der Waals surface area (Å²) in [5.41, 5.74) is 3.67. The third-order valence-corrected chi connectivity index (χ3v) is 5.03. The molecule has 1 aromatic heterocycles. The largest absolute Gasteiger partial charge is 0.322 e. The molecule has 0 fully saturated rings. The standard InChI is InChI=1S/C25H39N3O/c1-7-13-16-20(14-8-2)21(15-9-3)18-22(11-5)27-25(29)23-19-26-28(17-10-4)24(23)12-6/h9-11,15,17-20H,7-8,12-14,16H2,1-6H3,(H,27,29)/b15-9-,17-10-,21-18+,22-11+. The molecule has 1 aromatic rings. The quantitative estimate of drug-likeness (QED) is 0.400. The average Bonchev–Trinajstić information content (AvgIpc) is 3.13. The first kappa shape index (κ1) is 24.7. The van der Waals surface area contributed by atoms with Crippen LogP contribution in [0.5, 0.6) is 0 Å². The van der Waals surface area contributed by atoms with E-state index < -0.39 is 0 Å². The summed E-state index contributed by atoms with van der Waals surface area (Å²) < 4.78 is 1.77. The molecule has 0 aromatic carbocycles. The fourth-order valence-electron chi connectivity index (χ4n) is 3.54. The fourth-order valence-corrected chi connectivity index (χ4v) is 3.54. The summed E-state index contributed by atoms with van der Waals surface area (Å²) in [6.45, 7) is 12.5. The van der Waals surface area contributed by atoms with Gasteiger partial charge in [-0.15, -0.1) is 0 Å². The molecule has 0 radical (unpaired) electrons. The molecule has 4 nitrogen and oxygen atoms in total. The Bertz CT molecular complexity index is 750. The predicted molar refractivity (Wildman–Crippen MR) is 125 cm³/mol. The van der Waals surface area contributed by atoms with Crippen molar-refractivity contribution in [3.63, 3.8) is 0 Å². The van der Waals surface area contributed by atoms with Gasteiger partial charge in [0, 0.05) is 11.9 Å². The van der Waals surface area contributed by atoms with Gasteiger partial charge >= 0.3 is 0 Å².